The van der Waals surface area contributed by atoms with Crippen molar-refractivity contribution in [2.24, 2.45) is 5.92 Å². The molecule has 0 saturated heterocycles. The van der Waals surface area contributed by atoms with Crippen molar-refractivity contribution in [3.8, 4) is 0 Å². The van der Waals surface area contributed by atoms with Crippen LogP contribution in [0.2, 0.25) is 0 Å². The topological polar surface area (TPSA) is 94.6 Å². The first-order valence-electron chi connectivity index (χ1n) is 6.56. The maximum absolute atomic E-state index is 11.6. The van der Waals surface area contributed by atoms with Crippen LogP contribution in [-0.2, 0) is 30.3 Å². The second kappa shape index (κ2) is 7.16. The lowest BCUT2D eigenvalue weighted by Gasteiger charge is -2.22. The first kappa shape index (κ1) is 15.4. The SMILES string of the molecule is COC(=O)Cc1csc(NC(=O)COC(=O)C2CCC2)n1. The largest absolute Gasteiger partial charge is 0.469 e. The molecule has 1 fully saturated rings. The van der Waals surface area contributed by atoms with Gasteiger partial charge in [0.2, 0.25) is 0 Å². The highest BCUT2D eigenvalue weighted by Crippen LogP contribution is 2.27. The lowest BCUT2D eigenvalue weighted by Crippen LogP contribution is -2.28. The van der Waals surface area contributed by atoms with Gasteiger partial charge in [0.25, 0.3) is 5.91 Å². The average molecular weight is 312 g/mol. The van der Waals surface area contributed by atoms with Crippen LogP contribution in [-0.4, -0.2) is 36.5 Å². The second-order valence-corrected chi connectivity index (χ2v) is 5.54. The number of aromatic nitrogens is 1. The molecule has 1 saturated carbocycles. The van der Waals surface area contributed by atoms with Gasteiger partial charge in [0.1, 0.15) is 0 Å². The monoisotopic (exact) mass is 312 g/mol. The maximum atomic E-state index is 11.6. The van der Waals surface area contributed by atoms with Gasteiger partial charge < -0.3 is 9.47 Å². The molecule has 1 aliphatic rings. The zero-order valence-electron chi connectivity index (χ0n) is 11.6. The van der Waals surface area contributed by atoms with Gasteiger partial charge in [-0.15, -0.1) is 11.3 Å². The van der Waals surface area contributed by atoms with Crippen LogP contribution < -0.4 is 5.32 Å². The van der Waals surface area contributed by atoms with E-state index in [-0.39, 0.29) is 24.9 Å². The minimum absolute atomic E-state index is 0.0516. The predicted molar refractivity (Wildman–Crippen MR) is 74.8 cm³/mol. The van der Waals surface area contributed by atoms with E-state index in [4.69, 9.17) is 4.74 Å². The number of nitrogens with zero attached hydrogens (tertiary/aromatic N) is 1. The number of nitrogens with one attached hydrogen (secondary N) is 1. The molecule has 1 aliphatic carbocycles. The predicted octanol–water partition coefficient (Wildman–Crippen LogP) is 1.14. The third kappa shape index (κ3) is 4.52. The third-order valence-corrected chi connectivity index (χ3v) is 3.94. The molecule has 2 rings (SSSR count). The van der Waals surface area contributed by atoms with Gasteiger partial charge in [0, 0.05) is 5.38 Å². The van der Waals surface area contributed by atoms with E-state index in [0.29, 0.717) is 10.8 Å². The molecule has 114 valence electrons. The standard InChI is InChI=1S/C13H16N2O5S/c1-19-11(17)5-9-7-21-13(14-9)15-10(16)6-20-12(18)8-3-2-4-8/h7-8H,2-6H2,1H3,(H,14,15,16). The minimum atomic E-state index is -0.443. The minimum Gasteiger partial charge on any atom is -0.469 e. The van der Waals surface area contributed by atoms with Crippen LogP contribution in [0, 0.1) is 5.92 Å². The van der Waals surface area contributed by atoms with Crippen molar-refractivity contribution in [2.45, 2.75) is 25.7 Å². The number of thiazole rings is 1. The number of rotatable bonds is 6. The van der Waals surface area contributed by atoms with Crippen LogP contribution >= 0.6 is 11.3 Å². The van der Waals surface area contributed by atoms with Gasteiger partial charge in [-0.05, 0) is 12.8 Å². The normalized spacial score (nSPS) is 14.1. The second-order valence-electron chi connectivity index (χ2n) is 4.68. The number of ether oxygens (including phenoxy) is 2. The van der Waals surface area contributed by atoms with Crippen molar-refractivity contribution in [1.29, 1.82) is 0 Å². The van der Waals surface area contributed by atoms with Gasteiger partial charge in [-0.3, -0.25) is 19.7 Å². The third-order valence-electron chi connectivity index (χ3n) is 3.14. The number of amides is 1. The first-order chi connectivity index (χ1) is 10.1. The molecule has 0 atom stereocenters. The zero-order valence-corrected chi connectivity index (χ0v) is 12.4. The molecule has 1 heterocycles. The summed E-state index contributed by atoms with van der Waals surface area (Å²) in [5, 5.41) is 4.54. The molecule has 0 aliphatic heterocycles. The Bertz CT molecular complexity index is 538. The number of methoxy groups -OCH3 is 1. The van der Waals surface area contributed by atoms with Crippen LogP contribution in [0.15, 0.2) is 5.38 Å². The Kier molecular flexibility index (Phi) is 5.26. The fourth-order valence-corrected chi connectivity index (χ4v) is 2.45. The molecular formula is C13H16N2O5S. The Labute approximate surface area is 125 Å². The van der Waals surface area contributed by atoms with Gasteiger partial charge in [-0.2, -0.15) is 0 Å². The van der Waals surface area contributed by atoms with Crippen molar-refractivity contribution in [1.82, 2.24) is 4.98 Å². The fraction of sp³-hybridized carbons (Fsp3) is 0.538. The van der Waals surface area contributed by atoms with E-state index in [1.54, 1.807) is 5.38 Å². The summed E-state index contributed by atoms with van der Waals surface area (Å²) in [6, 6.07) is 0. The van der Waals surface area contributed by atoms with E-state index < -0.39 is 11.9 Å². The molecule has 0 aromatic carbocycles. The van der Waals surface area contributed by atoms with Crippen LogP contribution in [0.5, 0.6) is 0 Å². The summed E-state index contributed by atoms with van der Waals surface area (Å²) in [5.41, 5.74) is 0.522. The number of carbonyl (C=O) groups excluding carboxylic acids is 3. The van der Waals surface area contributed by atoms with Crippen LogP contribution in [0.3, 0.4) is 0 Å². The molecule has 1 aromatic heterocycles. The Morgan fingerprint density at radius 3 is 2.81 bits per heavy atom. The molecule has 0 spiro atoms. The summed E-state index contributed by atoms with van der Waals surface area (Å²) in [6.45, 7) is -0.318. The highest BCUT2D eigenvalue weighted by Gasteiger charge is 2.27. The number of carbonyl (C=O) groups is 3. The fourth-order valence-electron chi connectivity index (χ4n) is 1.72. The number of anilines is 1. The Morgan fingerprint density at radius 1 is 1.43 bits per heavy atom. The van der Waals surface area contributed by atoms with E-state index in [2.05, 4.69) is 15.0 Å². The Hall–Kier alpha value is -1.96. The van der Waals surface area contributed by atoms with Gasteiger partial charge in [0.05, 0.1) is 25.1 Å². The zero-order chi connectivity index (χ0) is 15.2. The summed E-state index contributed by atoms with van der Waals surface area (Å²) in [7, 11) is 1.30. The number of hydrogen-bond donors (Lipinski definition) is 1. The lowest BCUT2D eigenvalue weighted by atomic mass is 9.86. The molecule has 0 radical (unpaired) electrons. The molecule has 1 N–H and O–H groups in total. The van der Waals surface area contributed by atoms with Gasteiger partial charge in [0.15, 0.2) is 11.7 Å². The van der Waals surface area contributed by atoms with Crippen LogP contribution in [0.1, 0.15) is 25.0 Å². The van der Waals surface area contributed by atoms with E-state index in [1.807, 2.05) is 0 Å². The van der Waals surface area contributed by atoms with Crippen molar-refractivity contribution in [3.63, 3.8) is 0 Å². The number of hydrogen-bond acceptors (Lipinski definition) is 7. The van der Waals surface area contributed by atoms with E-state index >= 15 is 0 Å². The summed E-state index contributed by atoms with van der Waals surface area (Å²) >= 11 is 1.20. The summed E-state index contributed by atoms with van der Waals surface area (Å²) in [4.78, 5) is 38.3. The first-order valence-corrected chi connectivity index (χ1v) is 7.44. The van der Waals surface area contributed by atoms with Crippen LogP contribution in [0.4, 0.5) is 5.13 Å². The Morgan fingerprint density at radius 2 is 2.19 bits per heavy atom. The number of esters is 2. The summed E-state index contributed by atoms with van der Waals surface area (Å²) < 4.78 is 9.45. The van der Waals surface area contributed by atoms with Crippen LogP contribution in [0.25, 0.3) is 0 Å². The molecule has 0 bridgehead atoms. The quantitative estimate of drug-likeness (QED) is 0.792. The Balaban J connectivity index is 1.74. The molecule has 7 nitrogen and oxygen atoms in total. The average Bonchev–Trinajstić information content (AvgIpc) is 2.81. The molecule has 21 heavy (non-hydrogen) atoms. The highest BCUT2D eigenvalue weighted by molar-refractivity contribution is 7.13. The molecule has 1 amide bonds. The van der Waals surface area contributed by atoms with Crippen molar-refractivity contribution < 1.29 is 23.9 Å². The highest BCUT2D eigenvalue weighted by atomic mass is 32.1. The van der Waals surface area contributed by atoms with Crippen molar-refractivity contribution in [2.75, 3.05) is 19.0 Å². The summed E-state index contributed by atoms with van der Waals surface area (Å²) in [5.74, 6) is -1.21. The van der Waals surface area contributed by atoms with Gasteiger partial charge >= 0.3 is 11.9 Å². The molecule has 0 unspecified atom stereocenters. The molecular weight excluding hydrogens is 296 g/mol. The van der Waals surface area contributed by atoms with Crippen molar-refractivity contribution in [3.05, 3.63) is 11.1 Å². The van der Waals surface area contributed by atoms with E-state index in [1.165, 1.54) is 18.4 Å². The lowest BCUT2D eigenvalue weighted by molar-refractivity contribution is -0.154. The van der Waals surface area contributed by atoms with E-state index in [9.17, 15) is 14.4 Å². The molecule has 8 heteroatoms. The van der Waals surface area contributed by atoms with Gasteiger partial charge in [-0.25, -0.2) is 4.98 Å². The summed E-state index contributed by atoms with van der Waals surface area (Å²) in [6.07, 6.45) is 2.77. The van der Waals surface area contributed by atoms with Crippen molar-refractivity contribution >= 4 is 34.3 Å². The van der Waals surface area contributed by atoms with Gasteiger partial charge in [-0.1, -0.05) is 6.42 Å². The maximum Gasteiger partial charge on any atom is 0.311 e. The smallest absolute Gasteiger partial charge is 0.311 e. The molecule has 1 aromatic rings. The van der Waals surface area contributed by atoms with E-state index in [0.717, 1.165) is 19.3 Å².